The molecule has 6 heteroatoms. The van der Waals surface area contributed by atoms with Crippen LogP contribution >= 0.6 is 0 Å². The molecule has 0 aromatic heterocycles. The Labute approximate surface area is 171 Å². The zero-order valence-corrected chi connectivity index (χ0v) is 16.8. The highest BCUT2D eigenvalue weighted by molar-refractivity contribution is 5.15. The summed E-state index contributed by atoms with van der Waals surface area (Å²) >= 11 is 0. The molecular weight excluding hydrogens is 372 g/mol. The van der Waals surface area contributed by atoms with Crippen LogP contribution in [-0.4, -0.2) is 48.2 Å². The molecule has 0 amide bonds. The van der Waals surface area contributed by atoms with Crippen LogP contribution in [0.5, 0.6) is 0 Å². The zero-order valence-electron chi connectivity index (χ0n) is 16.8. The molecule has 4 rings (SSSR count). The molecule has 1 N–H and O–H groups in total. The van der Waals surface area contributed by atoms with Crippen molar-refractivity contribution >= 4 is 0 Å². The van der Waals surface area contributed by atoms with E-state index < -0.39 is 29.9 Å². The molecule has 0 radical (unpaired) electrons. The van der Waals surface area contributed by atoms with Gasteiger partial charge in [-0.1, -0.05) is 60.7 Å². The summed E-state index contributed by atoms with van der Waals surface area (Å²) in [6, 6.07) is 19.8. The first kappa shape index (κ1) is 20.5. The van der Waals surface area contributed by atoms with Crippen LogP contribution < -0.4 is 0 Å². The SMILES string of the molecule is CC1(C)O[C@H]2[C@H](OCc3ccccc3)[C@H](CO)O[C@@]2(COCc2ccccc2)O1. The molecule has 2 saturated heterocycles. The Morgan fingerprint density at radius 2 is 1.52 bits per heavy atom. The topological polar surface area (TPSA) is 66.4 Å². The first-order chi connectivity index (χ1) is 14.0. The summed E-state index contributed by atoms with van der Waals surface area (Å²) in [7, 11) is 0. The molecule has 2 aromatic carbocycles. The predicted molar refractivity (Wildman–Crippen MR) is 106 cm³/mol. The van der Waals surface area contributed by atoms with E-state index in [4.69, 9.17) is 23.7 Å². The molecule has 0 saturated carbocycles. The van der Waals surface area contributed by atoms with Crippen molar-refractivity contribution < 1.29 is 28.8 Å². The van der Waals surface area contributed by atoms with Crippen molar-refractivity contribution in [3.05, 3.63) is 71.8 Å². The van der Waals surface area contributed by atoms with Gasteiger partial charge in [-0.25, -0.2) is 0 Å². The fourth-order valence-corrected chi connectivity index (χ4v) is 3.95. The number of benzene rings is 2. The molecule has 2 aliphatic heterocycles. The molecule has 0 spiro atoms. The van der Waals surface area contributed by atoms with E-state index in [-0.39, 0.29) is 13.2 Å². The van der Waals surface area contributed by atoms with E-state index in [0.717, 1.165) is 11.1 Å². The third kappa shape index (κ3) is 4.53. The summed E-state index contributed by atoms with van der Waals surface area (Å²) in [5, 5.41) is 9.88. The van der Waals surface area contributed by atoms with Crippen LogP contribution in [0, 0.1) is 0 Å². The van der Waals surface area contributed by atoms with Crippen molar-refractivity contribution in [1.82, 2.24) is 0 Å². The van der Waals surface area contributed by atoms with Gasteiger partial charge in [-0.2, -0.15) is 0 Å². The van der Waals surface area contributed by atoms with Gasteiger partial charge in [0.15, 0.2) is 5.79 Å². The van der Waals surface area contributed by atoms with Crippen LogP contribution in [0.3, 0.4) is 0 Å². The molecule has 0 unspecified atom stereocenters. The Morgan fingerprint density at radius 1 is 0.897 bits per heavy atom. The monoisotopic (exact) mass is 400 g/mol. The molecular formula is C23H28O6. The maximum Gasteiger partial charge on any atom is 0.224 e. The van der Waals surface area contributed by atoms with Crippen LogP contribution in [0.1, 0.15) is 25.0 Å². The first-order valence-electron chi connectivity index (χ1n) is 9.95. The van der Waals surface area contributed by atoms with Crippen molar-refractivity contribution in [2.75, 3.05) is 13.2 Å². The van der Waals surface area contributed by atoms with Crippen molar-refractivity contribution in [2.45, 2.75) is 56.9 Å². The highest BCUT2D eigenvalue weighted by Crippen LogP contribution is 2.46. The lowest BCUT2D eigenvalue weighted by Gasteiger charge is -2.28. The smallest absolute Gasteiger partial charge is 0.224 e. The van der Waals surface area contributed by atoms with E-state index in [1.165, 1.54) is 0 Å². The molecule has 2 aliphatic rings. The average molecular weight is 400 g/mol. The van der Waals surface area contributed by atoms with Gasteiger partial charge >= 0.3 is 0 Å². The lowest BCUT2D eigenvalue weighted by molar-refractivity contribution is -0.282. The van der Waals surface area contributed by atoms with E-state index in [1.54, 1.807) is 0 Å². The van der Waals surface area contributed by atoms with Gasteiger partial charge in [-0.05, 0) is 25.0 Å². The van der Waals surface area contributed by atoms with Crippen LogP contribution in [0.15, 0.2) is 60.7 Å². The molecule has 156 valence electrons. The van der Waals surface area contributed by atoms with Gasteiger partial charge in [-0.15, -0.1) is 0 Å². The summed E-state index contributed by atoms with van der Waals surface area (Å²) in [6.07, 6.45) is -1.53. The highest BCUT2D eigenvalue weighted by Gasteiger charge is 2.65. The summed E-state index contributed by atoms with van der Waals surface area (Å²) in [5.74, 6) is -1.96. The van der Waals surface area contributed by atoms with E-state index in [1.807, 2.05) is 74.5 Å². The van der Waals surface area contributed by atoms with Gasteiger partial charge < -0.3 is 28.8 Å². The Morgan fingerprint density at radius 3 is 2.14 bits per heavy atom. The zero-order chi connectivity index (χ0) is 20.3. The standard InChI is InChI=1S/C23H28O6/c1-22(2)28-21-20(26-15-18-11-7-4-8-12-18)19(13-24)27-23(21,29-22)16-25-14-17-9-5-3-6-10-17/h3-12,19-21,24H,13-16H2,1-2H3/t19-,20+,21-,23-/m0/s1. The number of hydrogen-bond donors (Lipinski definition) is 1. The first-order valence-corrected chi connectivity index (χ1v) is 9.95. The highest BCUT2D eigenvalue weighted by atomic mass is 16.9. The van der Waals surface area contributed by atoms with E-state index in [0.29, 0.717) is 13.2 Å². The van der Waals surface area contributed by atoms with Crippen LogP contribution in [0.4, 0.5) is 0 Å². The van der Waals surface area contributed by atoms with Gasteiger partial charge in [0.1, 0.15) is 24.9 Å². The number of fused-ring (bicyclic) bond motifs is 1. The number of rotatable bonds is 8. The van der Waals surface area contributed by atoms with E-state index in [9.17, 15) is 5.11 Å². The second-order valence-corrected chi connectivity index (χ2v) is 7.93. The summed E-state index contributed by atoms with van der Waals surface area (Å²) in [5.41, 5.74) is 2.10. The second-order valence-electron chi connectivity index (χ2n) is 7.93. The van der Waals surface area contributed by atoms with Crippen LogP contribution in [0.2, 0.25) is 0 Å². The van der Waals surface area contributed by atoms with Crippen molar-refractivity contribution in [3.8, 4) is 0 Å². The number of aliphatic hydroxyl groups is 1. The summed E-state index contributed by atoms with van der Waals surface area (Å²) < 4.78 is 30.5. The number of hydrogen-bond acceptors (Lipinski definition) is 6. The van der Waals surface area contributed by atoms with Gasteiger partial charge in [-0.3, -0.25) is 0 Å². The summed E-state index contributed by atoms with van der Waals surface area (Å²) in [4.78, 5) is 0. The average Bonchev–Trinajstić information content (AvgIpc) is 3.14. The Kier molecular flexibility index (Phi) is 6.01. The van der Waals surface area contributed by atoms with Gasteiger partial charge in [0.25, 0.3) is 0 Å². The van der Waals surface area contributed by atoms with Gasteiger partial charge in [0.05, 0.1) is 19.8 Å². The maximum atomic E-state index is 9.88. The molecule has 2 fully saturated rings. The van der Waals surface area contributed by atoms with Crippen LogP contribution in [0.25, 0.3) is 0 Å². The number of ether oxygens (including phenoxy) is 5. The third-order valence-electron chi connectivity index (χ3n) is 5.16. The van der Waals surface area contributed by atoms with E-state index in [2.05, 4.69) is 0 Å². The molecule has 2 heterocycles. The van der Waals surface area contributed by atoms with Crippen LogP contribution in [-0.2, 0) is 36.9 Å². The fraction of sp³-hybridized carbons (Fsp3) is 0.478. The second kappa shape index (κ2) is 8.52. The summed E-state index contributed by atoms with van der Waals surface area (Å²) in [6.45, 7) is 4.50. The van der Waals surface area contributed by atoms with Crippen molar-refractivity contribution in [3.63, 3.8) is 0 Å². The fourth-order valence-electron chi connectivity index (χ4n) is 3.95. The molecule has 6 nitrogen and oxygen atoms in total. The predicted octanol–water partition coefficient (Wildman–Crippen LogP) is 3.03. The molecule has 29 heavy (non-hydrogen) atoms. The minimum Gasteiger partial charge on any atom is -0.394 e. The Balaban J connectivity index is 1.47. The minimum atomic E-state index is -1.12. The maximum absolute atomic E-state index is 9.88. The largest absolute Gasteiger partial charge is 0.394 e. The van der Waals surface area contributed by atoms with Gasteiger partial charge in [0.2, 0.25) is 5.79 Å². The Hall–Kier alpha value is -1.80. The van der Waals surface area contributed by atoms with Crippen molar-refractivity contribution in [1.29, 1.82) is 0 Å². The third-order valence-corrected chi connectivity index (χ3v) is 5.16. The quantitative estimate of drug-likeness (QED) is 0.735. The lowest BCUT2D eigenvalue weighted by Crippen LogP contribution is -2.45. The lowest BCUT2D eigenvalue weighted by atomic mass is 10.1. The molecule has 0 aliphatic carbocycles. The van der Waals surface area contributed by atoms with Gasteiger partial charge in [0, 0.05) is 0 Å². The molecule has 2 aromatic rings. The minimum absolute atomic E-state index is 0.178. The number of aliphatic hydroxyl groups excluding tert-OH is 1. The van der Waals surface area contributed by atoms with Crippen molar-refractivity contribution in [2.24, 2.45) is 0 Å². The molecule has 0 bridgehead atoms. The Bertz CT molecular complexity index is 780. The molecule has 4 atom stereocenters. The normalized spacial score (nSPS) is 30.4. The van der Waals surface area contributed by atoms with E-state index >= 15 is 0 Å².